The summed E-state index contributed by atoms with van der Waals surface area (Å²) in [6, 6.07) is 9.64. The first kappa shape index (κ1) is 36.0. The van der Waals surface area contributed by atoms with E-state index in [1.165, 1.54) is 50.2 Å². The molecule has 0 aliphatic rings. The monoisotopic (exact) mass is 584 g/mol. The molecule has 0 saturated carbocycles. The summed E-state index contributed by atoms with van der Waals surface area (Å²) in [6.45, 7) is 8.41. The van der Waals surface area contributed by atoms with E-state index in [4.69, 9.17) is 44.3 Å². The van der Waals surface area contributed by atoms with Crippen molar-refractivity contribution in [2.75, 3.05) is 26.2 Å². The summed E-state index contributed by atoms with van der Waals surface area (Å²) in [5.41, 5.74) is 0. The summed E-state index contributed by atoms with van der Waals surface area (Å²) in [5, 5.41) is 29.6. The maximum Gasteiger partial charge on any atom is 0.414 e. The smallest absolute Gasteiger partial charge is 0.414 e. The Kier molecular flexibility index (Phi) is 17.9. The van der Waals surface area contributed by atoms with Gasteiger partial charge in [-0.05, 0) is 68.8 Å². The minimum absolute atomic E-state index is 0.246. The normalized spacial score (nSPS) is 10.4. The molecule has 0 saturated heterocycles. The number of hydrogen-bond donors (Lipinski definition) is 4. The zero-order chi connectivity index (χ0) is 30.6. The number of sulfone groups is 1. The van der Waals surface area contributed by atoms with Crippen molar-refractivity contribution in [1.82, 2.24) is 9.88 Å². The molecule has 0 spiro atoms. The fourth-order valence-electron chi connectivity index (χ4n) is 2.95. The highest BCUT2D eigenvalue weighted by molar-refractivity contribution is 7.91. The Hall–Kier alpha value is -4.04. The van der Waals surface area contributed by atoms with E-state index in [-0.39, 0.29) is 9.79 Å². The Balaban J connectivity index is 0.00000106. The number of ether oxygens (including phenoxy) is 1. The molecule has 0 atom stereocenters. The van der Waals surface area contributed by atoms with Gasteiger partial charge in [-0.25, -0.2) is 27.6 Å². The van der Waals surface area contributed by atoms with Crippen molar-refractivity contribution in [2.24, 2.45) is 0 Å². The number of aromatic nitrogens is 1. The summed E-state index contributed by atoms with van der Waals surface area (Å²) in [7, 11) is -3.51. The standard InChI is InChI=1S/C22H32N2O3S.2C2H2O4/c1-3-5-16-24(17-6-4-2)18-7-19-27-20-8-10-21(11-9-20)28(25,26)22-12-14-23-15-13-22;2*3-1(4)2(5)6/h8-15H,3-7,16-19H2,1-2H3;2*(H,3,4)(H,5,6). The Morgan fingerprint density at radius 1 is 0.700 bits per heavy atom. The van der Waals surface area contributed by atoms with Crippen LogP contribution in [0.4, 0.5) is 0 Å². The summed E-state index contributed by atoms with van der Waals surface area (Å²) in [6.07, 6.45) is 8.82. The Labute approximate surface area is 233 Å². The molecular weight excluding hydrogens is 548 g/mol. The molecule has 0 aliphatic carbocycles. The first-order chi connectivity index (χ1) is 18.9. The number of rotatable bonds is 13. The third-order valence-electron chi connectivity index (χ3n) is 5.00. The van der Waals surface area contributed by atoms with Crippen LogP contribution in [-0.4, -0.2) is 88.8 Å². The maximum atomic E-state index is 12.6. The van der Waals surface area contributed by atoms with Crippen LogP contribution in [0.2, 0.25) is 0 Å². The minimum atomic E-state index is -3.51. The predicted molar refractivity (Wildman–Crippen MR) is 143 cm³/mol. The van der Waals surface area contributed by atoms with Gasteiger partial charge in [0.2, 0.25) is 9.84 Å². The highest BCUT2D eigenvalue weighted by Gasteiger charge is 2.17. The third kappa shape index (κ3) is 15.4. The van der Waals surface area contributed by atoms with Gasteiger partial charge in [0.1, 0.15) is 5.75 Å². The number of pyridine rings is 1. The first-order valence-electron chi connectivity index (χ1n) is 12.4. The van der Waals surface area contributed by atoms with Crippen LogP contribution < -0.4 is 4.74 Å². The van der Waals surface area contributed by atoms with Crippen molar-refractivity contribution >= 4 is 33.7 Å². The van der Waals surface area contributed by atoms with Gasteiger partial charge in [-0.2, -0.15) is 0 Å². The van der Waals surface area contributed by atoms with Gasteiger partial charge in [-0.3, -0.25) is 4.98 Å². The van der Waals surface area contributed by atoms with Gasteiger partial charge >= 0.3 is 23.9 Å². The lowest BCUT2D eigenvalue weighted by atomic mass is 10.2. The summed E-state index contributed by atoms with van der Waals surface area (Å²) >= 11 is 0. The van der Waals surface area contributed by atoms with E-state index < -0.39 is 33.7 Å². The number of carbonyl (C=O) groups is 4. The second-order valence-corrected chi connectivity index (χ2v) is 10.1. The van der Waals surface area contributed by atoms with E-state index in [0.29, 0.717) is 12.4 Å². The number of hydrogen-bond acceptors (Lipinski definition) is 9. The first-order valence-corrected chi connectivity index (χ1v) is 13.9. The molecule has 1 heterocycles. The maximum absolute atomic E-state index is 12.6. The van der Waals surface area contributed by atoms with Crippen molar-refractivity contribution in [1.29, 1.82) is 0 Å². The third-order valence-corrected chi connectivity index (χ3v) is 6.79. The van der Waals surface area contributed by atoms with E-state index in [1.807, 2.05) is 0 Å². The lowest BCUT2D eigenvalue weighted by Gasteiger charge is -2.21. The zero-order valence-corrected chi connectivity index (χ0v) is 23.2. The van der Waals surface area contributed by atoms with Gasteiger partial charge in [0.15, 0.2) is 0 Å². The molecule has 2 aromatic rings. The van der Waals surface area contributed by atoms with Crippen LogP contribution in [0.3, 0.4) is 0 Å². The molecule has 40 heavy (non-hydrogen) atoms. The molecule has 14 heteroatoms. The Bertz CT molecular complexity index is 1100. The van der Waals surface area contributed by atoms with Gasteiger partial charge in [0.25, 0.3) is 0 Å². The molecule has 0 aliphatic heterocycles. The number of unbranched alkanes of at least 4 members (excludes halogenated alkanes) is 2. The number of carboxylic acid groups (broad SMARTS) is 4. The Morgan fingerprint density at radius 2 is 1.10 bits per heavy atom. The molecule has 13 nitrogen and oxygen atoms in total. The molecular formula is C26H36N2O11S. The van der Waals surface area contributed by atoms with Crippen LogP contribution in [0.15, 0.2) is 58.6 Å². The molecule has 2 rings (SSSR count). The van der Waals surface area contributed by atoms with Crippen LogP contribution in [0.1, 0.15) is 46.0 Å². The second-order valence-electron chi connectivity index (χ2n) is 8.13. The summed E-state index contributed by atoms with van der Waals surface area (Å²) in [4.78, 5) is 43.3. The molecule has 1 aromatic carbocycles. The van der Waals surface area contributed by atoms with Crippen molar-refractivity contribution in [3.63, 3.8) is 0 Å². The van der Waals surface area contributed by atoms with E-state index in [2.05, 4.69) is 23.7 Å². The van der Waals surface area contributed by atoms with E-state index in [0.717, 1.165) is 26.1 Å². The molecule has 0 unspecified atom stereocenters. The lowest BCUT2D eigenvalue weighted by Crippen LogP contribution is -2.28. The summed E-state index contributed by atoms with van der Waals surface area (Å²) < 4.78 is 31.0. The van der Waals surface area contributed by atoms with Gasteiger partial charge in [-0.15, -0.1) is 0 Å². The molecule has 0 radical (unpaired) electrons. The van der Waals surface area contributed by atoms with E-state index in [1.54, 1.807) is 24.3 Å². The SMILES string of the molecule is CCCCN(CCCC)CCCOc1ccc(S(=O)(=O)c2ccncc2)cc1.O=C(O)C(=O)O.O=C(O)C(=O)O. The molecule has 0 bridgehead atoms. The Morgan fingerprint density at radius 3 is 1.50 bits per heavy atom. The minimum Gasteiger partial charge on any atom is -0.494 e. The van der Waals surface area contributed by atoms with Crippen LogP contribution in [-0.2, 0) is 29.0 Å². The van der Waals surface area contributed by atoms with Crippen LogP contribution in [0.5, 0.6) is 5.75 Å². The van der Waals surface area contributed by atoms with Crippen molar-refractivity contribution in [2.45, 2.75) is 55.7 Å². The van der Waals surface area contributed by atoms with Crippen molar-refractivity contribution in [3.05, 3.63) is 48.8 Å². The molecule has 0 fully saturated rings. The number of nitrogens with zero attached hydrogens (tertiary/aromatic N) is 2. The second kappa shape index (κ2) is 19.9. The largest absolute Gasteiger partial charge is 0.494 e. The number of aliphatic carboxylic acids is 4. The van der Waals surface area contributed by atoms with Gasteiger partial charge in [-0.1, -0.05) is 26.7 Å². The summed E-state index contributed by atoms with van der Waals surface area (Å²) in [5.74, 6) is -6.60. The van der Waals surface area contributed by atoms with Gasteiger partial charge in [0.05, 0.1) is 16.4 Å². The topological polar surface area (TPSA) is 209 Å². The van der Waals surface area contributed by atoms with Crippen LogP contribution >= 0.6 is 0 Å². The average molecular weight is 585 g/mol. The molecule has 1 aromatic heterocycles. The highest BCUT2D eigenvalue weighted by Crippen LogP contribution is 2.22. The van der Waals surface area contributed by atoms with Gasteiger partial charge < -0.3 is 30.1 Å². The van der Waals surface area contributed by atoms with E-state index in [9.17, 15) is 8.42 Å². The molecule has 222 valence electrons. The lowest BCUT2D eigenvalue weighted by molar-refractivity contribution is -0.159. The highest BCUT2D eigenvalue weighted by atomic mass is 32.2. The van der Waals surface area contributed by atoms with Crippen molar-refractivity contribution in [3.8, 4) is 5.75 Å². The quantitative estimate of drug-likeness (QED) is 0.197. The molecule has 4 N–H and O–H groups in total. The zero-order valence-electron chi connectivity index (χ0n) is 22.4. The fourth-order valence-corrected chi connectivity index (χ4v) is 4.19. The van der Waals surface area contributed by atoms with Crippen LogP contribution in [0.25, 0.3) is 0 Å². The predicted octanol–water partition coefficient (Wildman–Crippen LogP) is 2.90. The average Bonchev–Trinajstić information content (AvgIpc) is 2.93. The number of carboxylic acids is 4. The fraction of sp³-hybridized carbons (Fsp3) is 0.423. The van der Waals surface area contributed by atoms with Crippen molar-refractivity contribution < 1.29 is 52.8 Å². The van der Waals surface area contributed by atoms with E-state index >= 15 is 0 Å². The van der Waals surface area contributed by atoms with Crippen LogP contribution in [0, 0.1) is 0 Å². The molecule has 0 amide bonds. The van der Waals surface area contributed by atoms with Gasteiger partial charge in [0, 0.05) is 18.9 Å². The number of benzene rings is 1.